The highest BCUT2D eigenvalue weighted by molar-refractivity contribution is 5.86. The summed E-state index contributed by atoms with van der Waals surface area (Å²) in [7, 11) is 0. The molecule has 0 bridgehead atoms. The highest BCUT2D eigenvalue weighted by atomic mass is 16.2. The summed E-state index contributed by atoms with van der Waals surface area (Å²) in [6.45, 7) is 1.30. The number of carbonyl (C=O) groups is 2. The third-order valence-electron chi connectivity index (χ3n) is 3.30. The zero-order chi connectivity index (χ0) is 13.7. The van der Waals surface area contributed by atoms with Gasteiger partial charge in [0.1, 0.15) is 0 Å². The molecule has 0 saturated heterocycles. The number of nitrogens with two attached hydrogens (primary N) is 1. The van der Waals surface area contributed by atoms with E-state index >= 15 is 0 Å². The van der Waals surface area contributed by atoms with Crippen LogP contribution in [0.5, 0.6) is 0 Å². The highest BCUT2D eigenvalue weighted by Crippen LogP contribution is 2.31. The molecule has 4 N–H and O–H groups in total. The number of anilines is 1. The quantitative estimate of drug-likeness (QED) is 0.690. The second kappa shape index (κ2) is 6.22. The Morgan fingerprint density at radius 2 is 2.16 bits per heavy atom. The minimum Gasteiger partial charge on any atom is -0.385 e. The SMILES string of the molecule is NC(=O)CCCNC(=O)C1CCNc2ccccc21. The molecule has 5 heteroatoms. The Labute approximate surface area is 112 Å². The van der Waals surface area contributed by atoms with Crippen LogP contribution in [0, 0.1) is 0 Å². The van der Waals surface area contributed by atoms with E-state index in [0.717, 1.165) is 24.2 Å². The summed E-state index contributed by atoms with van der Waals surface area (Å²) in [5.74, 6) is -0.411. The monoisotopic (exact) mass is 261 g/mol. The topological polar surface area (TPSA) is 84.2 Å². The van der Waals surface area contributed by atoms with Crippen molar-refractivity contribution in [3.8, 4) is 0 Å². The lowest BCUT2D eigenvalue weighted by molar-refractivity contribution is -0.123. The van der Waals surface area contributed by atoms with Crippen LogP contribution in [0.3, 0.4) is 0 Å². The Morgan fingerprint density at radius 3 is 2.95 bits per heavy atom. The summed E-state index contributed by atoms with van der Waals surface area (Å²) < 4.78 is 0. The number of hydrogen-bond donors (Lipinski definition) is 3. The van der Waals surface area contributed by atoms with Crippen molar-refractivity contribution in [2.45, 2.75) is 25.2 Å². The first-order valence-corrected chi connectivity index (χ1v) is 6.57. The zero-order valence-corrected chi connectivity index (χ0v) is 10.8. The van der Waals surface area contributed by atoms with Gasteiger partial charge in [-0.25, -0.2) is 0 Å². The molecule has 0 radical (unpaired) electrons. The lowest BCUT2D eigenvalue weighted by Crippen LogP contribution is -2.33. The third-order valence-corrected chi connectivity index (χ3v) is 3.30. The number of primary amides is 1. The van der Waals surface area contributed by atoms with Crippen molar-refractivity contribution < 1.29 is 9.59 Å². The summed E-state index contributed by atoms with van der Waals surface area (Å²) in [5.41, 5.74) is 7.13. The van der Waals surface area contributed by atoms with Gasteiger partial charge >= 0.3 is 0 Å². The van der Waals surface area contributed by atoms with Gasteiger partial charge in [0.2, 0.25) is 11.8 Å². The largest absolute Gasteiger partial charge is 0.385 e. The summed E-state index contributed by atoms with van der Waals surface area (Å²) in [4.78, 5) is 22.8. The first-order chi connectivity index (χ1) is 9.18. The fourth-order valence-corrected chi connectivity index (χ4v) is 2.34. The van der Waals surface area contributed by atoms with Crippen LogP contribution in [0.2, 0.25) is 0 Å². The molecule has 0 saturated carbocycles. The van der Waals surface area contributed by atoms with Crippen LogP contribution in [-0.4, -0.2) is 24.9 Å². The first-order valence-electron chi connectivity index (χ1n) is 6.57. The van der Waals surface area contributed by atoms with Crippen molar-refractivity contribution in [1.29, 1.82) is 0 Å². The molecule has 19 heavy (non-hydrogen) atoms. The normalized spacial score (nSPS) is 17.2. The van der Waals surface area contributed by atoms with Gasteiger partial charge in [-0.2, -0.15) is 0 Å². The van der Waals surface area contributed by atoms with Crippen molar-refractivity contribution in [3.05, 3.63) is 29.8 Å². The maximum atomic E-state index is 12.2. The second-order valence-electron chi connectivity index (χ2n) is 4.72. The van der Waals surface area contributed by atoms with Crippen LogP contribution in [-0.2, 0) is 9.59 Å². The van der Waals surface area contributed by atoms with E-state index in [4.69, 9.17) is 5.73 Å². The van der Waals surface area contributed by atoms with Crippen molar-refractivity contribution in [2.24, 2.45) is 5.73 Å². The van der Waals surface area contributed by atoms with E-state index in [2.05, 4.69) is 10.6 Å². The summed E-state index contributed by atoms with van der Waals surface area (Å²) in [6, 6.07) is 7.87. The first kappa shape index (κ1) is 13.4. The second-order valence-corrected chi connectivity index (χ2v) is 4.72. The van der Waals surface area contributed by atoms with Crippen molar-refractivity contribution in [3.63, 3.8) is 0 Å². The van der Waals surface area contributed by atoms with Crippen molar-refractivity contribution >= 4 is 17.5 Å². The average Bonchev–Trinajstić information content (AvgIpc) is 2.42. The van der Waals surface area contributed by atoms with E-state index in [0.29, 0.717) is 19.4 Å². The zero-order valence-electron chi connectivity index (χ0n) is 10.8. The number of nitrogens with one attached hydrogen (secondary N) is 2. The van der Waals surface area contributed by atoms with Crippen LogP contribution in [0.15, 0.2) is 24.3 Å². The number of hydrogen-bond acceptors (Lipinski definition) is 3. The van der Waals surface area contributed by atoms with E-state index in [1.807, 2.05) is 24.3 Å². The Morgan fingerprint density at radius 1 is 1.37 bits per heavy atom. The van der Waals surface area contributed by atoms with Gasteiger partial charge in [-0.15, -0.1) is 0 Å². The van der Waals surface area contributed by atoms with E-state index in [9.17, 15) is 9.59 Å². The van der Waals surface area contributed by atoms with Gasteiger partial charge in [-0.3, -0.25) is 9.59 Å². The molecule has 0 aliphatic carbocycles. The number of para-hydroxylation sites is 1. The molecule has 0 spiro atoms. The van der Waals surface area contributed by atoms with Crippen LogP contribution in [0.1, 0.15) is 30.7 Å². The summed E-state index contributed by atoms with van der Waals surface area (Å²) in [6.07, 6.45) is 1.69. The molecular formula is C14H19N3O2. The minimum absolute atomic E-state index is 0.0263. The van der Waals surface area contributed by atoms with Crippen LogP contribution in [0.4, 0.5) is 5.69 Å². The van der Waals surface area contributed by atoms with Gasteiger partial charge in [-0.1, -0.05) is 18.2 Å². The van der Waals surface area contributed by atoms with Crippen LogP contribution in [0.25, 0.3) is 0 Å². The van der Waals surface area contributed by atoms with Gasteiger partial charge in [-0.05, 0) is 24.5 Å². The van der Waals surface area contributed by atoms with Crippen molar-refractivity contribution in [2.75, 3.05) is 18.4 Å². The standard InChI is InChI=1S/C14H19N3O2/c15-13(18)6-3-8-17-14(19)11-7-9-16-12-5-2-1-4-10(11)12/h1-2,4-5,11,16H,3,6-9H2,(H2,15,18)(H,17,19). The smallest absolute Gasteiger partial charge is 0.227 e. The van der Waals surface area contributed by atoms with Gasteiger partial charge < -0.3 is 16.4 Å². The maximum absolute atomic E-state index is 12.2. The molecule has 5 nitrogen and oxygen atoms in total. The average molecular weight is 261 g/mol. The van der Waals surface area contributed by atoms with Crippen LogP contribution < -0.4 is 16.4 Å². The molecular weight excluding hydrogens is 242 g/mol. The number of carbonyl (C=O) groups excluding carboxylic acids is 2. The highest BCUT2D eigenvalue weighted by Gasteiger charge is 2.25. The molecule has 1 unspecified atom stereocenters. The number of amides is 2. The molecule has 0 aromatic heterocycles. The maximum Gasteiger partial charge on any atom is 0.227 e. The fraction of sp³-hybridized carbons (Fsp3) is 0.429. The predicted molar refractivity (Wildman–Crippen MR) is 73.7 cm³/mol. The van der Waals surface area contributed by atoms with E-state index in [1.54, 1.807) is 0 Å². The Kier molecular flexibility index (Phi) is 4.39. The summed E-state index contributed by atoms with van der Waals surface area (Å²) in [5, 5.41) is 6.16. The Hall–Kier alpha value is -2.04. The van der Waals surface area contributed by atoms with Gasteiger partial charge in [0.15, 0.2) is 0 Å². The molecule has 1 heterocycles. The van der Waals surface area contributed by atoms with E-state index in [-0.39, 0.29) is 17.7 Å². The molecule has 1 aromatic rings. The summed E-state index contributed by atoms with van der Waals surface area (Å²) >= 11 is 0. The Balaban J connectivity index is 1.92. The Bertz CT molecular complexity index is 474. The number of rotatable bonds is 5. The van der Waals surface area contributed by atoms with E-state index in [1.165, 1.54) is 0 Å². The molecule has 1 atom stereocenters. The molecule has 1 aliphatic heterocycles. The lowest BCUT2D eigenvalue weighted by Gasteiger charge is -2.25. The predicted octanol–water partition coefficient (Wildman–Crippen LogP) is 0.967. The number of fused-ring (bicyclic) bond motifs is 1. The third kappa shape index (κ3) is 3.47. The lowest BCUT2D eigenvalue weighted by atomic mass is 9.90. The van der Waals surface area contributed by atoms with E-state index < -0.39 is 0 Å². The minimum atomic E-state index is -0.332. The van der Waals surface area contributed by atoms with Gasteiger partial charge in [0.05, 0.1) is 5.92 Å². The molecule has 1 aliphatic rings. The molecule has 1 aromatic carbocycles. The van der Waals surface area contributed by atoms with Crippen LogP contribution >= 0.6 is 0 Å². The number of benzene rings is 1. The molecule has 2 rings (SSSR count). The fourth-order valence-electron chi connectivity index (χ4n) is 2.34. The van der Waals surface area contributed by atoms with Crippen molar-refractivity contribution in [1.82, 2.24) is 5.32 Å². The van der Waals surface area contributed by atoms with Gasteiger partial charge in [0.25, 0.3) is 0 Å². The van der Waals surface area contributed by atoms with Gasteiger partial charge in [0, 0.05) is 25.2 Å². The molecule has 102 valence electrons. The molecule has 2 amide bonds. The molecule has 0 fully saturated rings.